The van der Waals surface area contributed by atoms with Crippen molar-refractivity contribution in [3.05, 3.63) is 48.0 Å². The Kier molecular flexibility index (Phi) is 8.90. The second kappa shape index (κ2) is 10.6. The maximum absolute atomic E-state index is 12.4. The van der Waals surface area contributed by atoms with Crippen LogP contribution in [0.5, 0.6) is 17.2 Å². The van der Waals surface area contributed by atoms with E-state index in [4.69, 9.17) is 15.2 Å². The molecule has 0 heterocycles. The van der Waals surface area contributed by atoms with Crippen molar-refractivity contribution < 1.29 is 23.0 Å². The Morgan fingerprint density at radius 3 is 2.54 bits per heavy atom. The number of nitrogens with zero attached hydrogens (tertiary/aromatic N) is 1. The summed E-state index contributed by atoms with van der Waals surface area (Å²) in [5.41, 5.74) is 7.21. The van der Waals surface area contributed by atoms with E-state index < -0.39 is 6.61 Å². The molecule has 142 valence electrons. The second-order valence-electron chi connectivity index (χ2n) is 4.92. The SMILES string of the molecule is COc1cccc(NC(N)=NCc2ccc(OC)c(OC(F)F)c2)c1.I. The van der Waals surface area contributed by atoms with Gasteiger partial charge in [0.15, 0.2) is 17.5 Å². The molecule has 0 amide bonds. The van der Waals surface area contributed by atoms with Gasteiger partial charge in [-0.2, -0.15) is 8.78 Å². The number of hydrogen-bond donors (Lipinski definition) is 2. The summed E-state index contributed by atoms with van der Waals surface area (Å²) in [6, 6.07) is 11.9. The predicted molar refractivity (Wildman–Crippen MR) is 107 cm³/mol. The van der Waals surface area contributed by atoms with E-state index in [2.05, 4.69) is 15.0 Å². The summed E-state index contributed by atoms with van der Waals surface area (Å²) < 4.78 is 39.4. The number of aliphatic imine (C=N–C) groups is 1. The number of nitrogens with one attached hydrogen (secondary N) is 1. The largest absolute Gasteiger partial charge is 0.497 e. The fourth-order valence-electron chi connectivity index (χ4n) is 2.07. The molecule has 0 spiro atoms. The molecular weight excluding hydrogens is 459 g/mol. The number of benzene rings is 2. The summed E-state index contributed by atoms with van der Waals surface area (Å²) in [6.07, 6.45) is 0. The van der Waals surface area contributed by atoms with Crippen LogP contribution in [0.25, 0.3) is 0 Å². The van der Waals surface area contributed by atoms with E-state index in [9.17, 15) is 8.78 Å². The van der Waals surface area contributed by atoms with Crippen LogP contribution in [0.3, 0.4) is 0 Å². The smallest absolute Gasteiger partial charge is 0.387 e. The Hall–Kier alpha value is -2.30. The molecule has 0 aliphatic rings. The molecule has 0 aliphatic heterocycles. The summed E-state index contributed by atoms with van der Waals surface area (Å²) in [5.74, 6) is 1.03. The highest BCUT2D eigenvalue weighted by Gasteiger charge is 2.11. The number of rotatable bonds is 7. The number of halogens is 3. The summed E-state index contributed by atoms with van der Waals surface area (Å²) in [5, 5.41) is 2.93. The molecule has 0 atom stereocenters. The molecule has 2 aromatic rings. The van der Waals surface area contributed by atoms with Gasteiger partial charge in [-0.1, -0.05) is 12.1 Å². The first-order valence-electron chi connectivity index (χ1n) is 7.34. The topological polar surface area (TPSA) is 78.1 Å². The van der Waals surface area contributed by atoms with Crippen molar-refractivity contribution in [2.24, 2.45) is 10.7 Å². The molecule has 0 saturated carbocycles. The van der Waals surface area contributed by atoms with Crippen LogP contribution in [-0.4, -0.2) is 26.8 Å². The van der Waals surface area contributed by atoms with Gasteiger partial charge in [-0.3, -0.25) is 0 Å². The molecule has 2 aromatic carbocycles. The Morgan fingerprint density at radius 2 is 1.88 bits per heavy atom. The first-order valence-corrected chi connectivity index (χ1v) is 7.34. The van der Waals surface area contributed by atoms with Crippen molar-refractivity contribution in [1.82, 2.24) is 0 Å². The van der Waals surface area contributed by atoms with Gasteiger partial charge in [0.2, 0.25) is 0 Å². The van der Waals surface area contributed by atoms with Gasteiger partial charge in [-0.05, 0) is 29.8 Å². The van der Waals surface area contributed by atoms with E-state index >= 15 is 0 Å². The Morgan fingerprint density at radius 1 is 1.12 bits per heavy atom. The third kappa shape index (κ3) is 6.54. The molecule has 0 aromatic heterocycles. The first-order chi connectivity index (χ1) is 12.0. The minimum Gasteiger partial charge on any atom is -0.497 e. The second-order valence-corrected chi connectivity index (χ2v) is 4.92. The normalized spacial score (nSPS) is 10.9. The molecule has 0 radical (unpaired) electrons. The molecule has 9 heteroatoms. The van der Waals surface area contributed by atoms with E-state index in [0.29, 0.717) is 11.3 Å². The number of anilines is 1. The van der Waals surface area contributed by atoms with Crippen LogP contribution >= 0.6 is 24.0 Å². The maximum atomic E-state index is 12.4. The van der Waals surface area contributed by atoms with Gasteiger partial charge < -0.3 is 25.3 Å². The Bertz CT molecular complexity index is 745. The van der Waals surface area contributed by atoms with Gasteiger partial charge in [-0.25, -0.2) is 4.99 Å². The standard InChI is InChI=1S/C17H19F2N3O3.HI/c1-23-13-5-3-4-12(9-13)22-17(20)21-10-11-6-7-14(24-2)15(8-11)25-16(18)19;/h3-9,16H,10H2,1-2H3,(H3,20,21,22);1H. The summed E-state index contributed by atoms with van der Waals surface area (Å²) in [7, 11) is 2.95. The highest BCUT2D eigenvalue weighted by atomic mass is 127. The van der Waals surface area contributed by atoms with Gasteiger partial charge in [0.25, 0.3) is 0 Å². The number of ether oxygens (including phenoxy) is 3. The molecule has 0 bridgehead atoms. The van der Waals surface area contributed by atoms with E-state index in [0.717, 1.165) is 5.69 Å². The molecule has 0 aliphatic carbocycles. The lowest BCUT2D eigenvalue weighted by Gasteiger charge is -2.11. The van der Waals surface area contributed by atoms with Crippen LogP contribution in [0, 0.1) is 0 Å². The average Bonchev–Trinajstić information content (AvgIpc) is 2.60. The minimum absolute atomic E-state index is 0. The van der Waals surface area contributed by atoms with Crippen molar-refractivity contribution in [2.75, 3.05) is 19.5 Å². The van der Waals surface area contributed by atoms with Crippen molar-refractivity contribution in [2.45, 2.75) is 13.2 Å². The number of nitrogens with two attached hydrogens (primary N) is 1. The zero-order chi connectivity index (χ0) is 18.2. The number of methoxy groups -OCH3 is 2. The van der Waals surface area contributed by atoms with Crippen LogP contribution < -0.4 is 25.3 Å². The molecular formula is C17H20F2IN3O3. The van der Waals surface area contributed by atoms with E-state index in [1.54, 1.807) is 25.3 Å². The lowest BCUT2D eigenvalue weighted by atomic mass is 10.2. The Labute approximate surface area is 167 Å². The van der Waals surface area contributed by atoms with E-state index in [1.165, 1.54) is 19.2 Å². The predicted octanol–water partition coefficient (Wildman–Crippen LogP) is 3.85. The number of alkyl halides is 2. The maximum Gasteiger partial charge on any atom is 0.387 e. The quantitative estimate of drug-likeness (QED) is 0.359. The van der Waals surface area contributed by atoms with Crippen molar-refractivity contribution >= 4 is 35.6 Å². The third-order valence-electron chi connectivity index (χ3n) is 3.22. The zero-order valence-corrected chi connectivity index (χ0v) is 16.6. The van der Waals surface area contributed by atoms with Gasteiger partial charge in [0, 0.05) is 11.8 Å². The van der Waals surface area contributed by atoms with Crippen LogP contribution in [0.15, 0.2) is 47.5 Å². The fraction of sp³-hybridized carbons (Fsp3) is 0.235. The van der Waals surface area contributed by atoms with E-state index in [-0.39, 0.29) is 48.0 Å². The molecule has 0 fully saturated rings. The molecule has 0 saturated heterocycles. The summed E-state index contributed by atoms with van der Waals surface area (Å²) >= 11 is 0. The third-order valence-corrected chi connectivity index (χ3v) is 3.22. The van der Waals surface area contributed by atoms with E-state index in [1.807, 2.05) is 12.1 Å². The van der Waals surface area contributed by atoms with Gasteiger partial charge in [0.05, 0.1) is 20.8 Å². The van der Waals surface area contributed by atoms with Crippen molar-refractivity contribution in [3.63, 3.8) is 0 Å². The van der Waals surface area contributed by atoms with Crippen LogP contribution in [0.4, 0.5) is 14.5 Å². The minimum atomic E-state index is -2.94. The van der Waals surface area contributed by atoms with Crippen LogP contribution in [0.1, 0.15) is 5.56 Å². The highest BCUT2D eigenvalue weighted by molar-refractivity contribution is 14.0. The molecule has 2 rings (SSSR count). The lowest BCUT2D eigenvalue weighted by Crippen LogP contribution is -2.22. The highest BCUT2D eigenvalue weighted by Crippen LogP contribution is 2.29. The Balaban J connectivity index is 0.00000338. The summed E-state index contributed by atoms with van der Waals surface area (Å²) in [6.45, 7) is -2.75. The number of guanidine groups is 1. The van der Waals surface area contributed by atoms with Crippen LogP contribution in [-0.2, 0) is 6.54 Å². The molecule has 0 unspecified atom stereocenters. The number of hydrogen-bond acceptors (Lipinski definition) is 4. The van der Waals surface area contributed by atoms with Crippen LogP contribution in [0.2, 0.25) is 0 Å². The van der Waals surface area contributed by atoms with Gasteiger partial charge in [-0.15, -0.1) is 24.0 Å². The van der Waals surface area contributed by atoms with Crippen molar-refractivity contribution in [3.8, 4) is 17.2 Å². The average molecular weight is 479 g/mol. The lowest BCUT2D eigenvalue weighted by molar-refractivity contribution is -0.0512. The zero-order valence-electron chi connectivity index (χ0n) is 14.2. The first kappa shape index (κ1) is 21.7. The van der Waals surface area contributed by atoms with Gasteiger partial charge >= 0.3 is 6.61 Å². The molecule has 26 heavy (non-hydrogen) atoms. The summed E-state index contributed by atoms with van der Waals surface area (Å²) in [4.78, 5) is 4.18. The molecule has 6 nitrogen and oxygen atoms in total. The van der Waals surface area contributed by atoms with Crippen molar-refractivity contribution in [1.29, 1.82) is 0 Å². The fourth-order valence-corrected chi connectivity index (χ4v) is 2.07. The molecule has 3 N–H and O–H groups in total. The van der Waals surface area contributed by atoms with Gasteiger partial charge in [0.1, 0.15) is 5.75 Å². The monoisotopic (exact) mass is 479 g/mol.